The van der Waals surface area contributed by atoms with Gasteiger partial charge in [-0.15, -0.1) is 0 Å². The second-order valence-corrected chi connectivity index (χ2v) is 3.99. The zero-order chi connectivity index (χ0) is 14.8. The minimum absolute atomic E-state index is 0.464. The zero-order valence-electron chi connectivity index (χ0n) is 10.4. The van der Waals surface area contributed by atoms with Crippen molar-refractivity contribution in [3.05, 3.63) is 53.9 Å². The topological polar surface area (TPSA) is 39.2 Å². The quantitative estimate of drug-likeness (QED) is 0.790. The Morgan fingerprint density at radius 3 is 2.50 bits per heavy atom. The Hall–Kier alpha value is -2.37. The molecule has 0 aliphatic heterocycles. The largest absolute Gasteiger partial charge is 0.465 e. The number of aromatic nitrogens is 1. The summed E-state index contributed by atoms with van der Waals surface area (Å²) in [6.45, 7) is 0. The van der Waals surface area contributed by atoms with Gasteiger partial charge in [0.05, 0.1) is 18.2 Å². The molecule has 0 fully saturated rings. The van der Waals surface area contributed by atoms with Gasteiger partial charge in [-0.3, -0.25) is 4.98 Å². The van der Waals surface area contributed by atoms with Gasteiger partial charge in [-0.25, -0.2) is 4.79 Å². The smallest absolute Gasteiger partial charge is 0.417 e. The Kier molecular flexibility index (Phi) is 3.74. The van der Waals surface area contributed by atoms with Crippen LogP contribution >= 0.6 is 0 Å². The molecule has 0 atom stereocenters. The Balaban J connectivity index is 2.58. The average molecular weight is 281 g/mol. The van der Waals surface area contributed by atoms with Crippen molar-refractivity contribution in [2.45, 2.75) is 6.18 Å². The van der Waals surface area contributed by atoms with E-state index >= 15 is 0 Å². The van der Waals surface area contributed by atoms with Gasteiger partial charge in [0.25, 0.3) is 0 Å². The Labute approximate surface area is 113 Å². The Morgan fingerprint density at radius 1 is 1.20 bits per heavy atom. The number of benzene rings is 1. The predicted octanol–water partition coefficient (Wildman–Crippen LogP) is 3.55. The van der Waals surface area contributed by atoms with Crippen LogP contribution in [0.25, 0.3) is 11.1 Å². The van der Waals surface area contributed by atoms with E-state index in [1.54, 1.807) is 18.3 Å². The fourth-order valence-corrected chi connectivity index (χ4v) is 1.78. The highest BCUT2D eigenvalue weighted by Crippen LogP contribution is 2.34. The summed E-state index contributed by atoms with van der Waals surface area (Å²) < 4.78 is 43.0. The standard InChI is InChI=1S/C14H10F3NO2/c1-20-13(19)11-7-9(10-3-2-6-18-8-10)4-5-12(11)14(15,16)17/h2-8H,1H3. The van der Waals surface area contributed by atoms with E-state index in [9.17, 15) is 18.0 Å². The van der Waals surface area contributed by atoms with Gasteiger partial charge in [0.2, 0.25) is 0 Å². The van der Waals surface area contributed by atoms with Crippen molar-refractivity contribution in [2.75, 3.05) is 7.11 Å². The molecule has 2 aromatic rings. The lowest BCUT2D eigenvalue weighted by atomic mass is 10.00. The van der Waals surface area contributed by atoms with E-state index in [0.29, 0.717) is 11.1 Å². The van der Waals surface area contributed by atoms with E-state index in [0.717, 1.165) is 19.2 Å². The van der Waals surface area contributed by atoms with E-state index in [2.05, 4.69) is 9.72 Å². The van der Waals surface area contributed by atoms with Gasteiger partial charge in [0.1, 0.15) is 0 Å². The van der Waals surface area contributed by atoms with Crippen molar-refractivity contribution >= 4 is 5.97 Å². The van der Waals surface area contributed by atoms with Crippen LogP contribution < -0.4 is 0 Å². The summed E-state index contributed by atoms with van der Waals surface area (Å²) in [5, 5.41) is 0. The maximum Gasteiger partial charge on any atom is 0.417 e. The first kappa shape index (κ1) is 14.0. The minimum atomic E-state index is -4.61. The zero-order valence-corrected chi connectivity index (χ0v) is 10.4. The number of methoxy groups -OCH3 is 1. The monoisotopic (exact) mass is 281 g/mol. The molecule has 0 aliphatic rings. The van der Waals surface area contributed by atoms with Gasteiger partial charge in [-0.2, -0.15) is 13.2 Å². The molecule has 104 valence electrons. The maximum absolute atomic E-state index is 12.9. The molecule has 0 N–H and O–H groups in total. The van der Waals surface area contributed by atoms with Crippen LogP contribution in [0.1, 0.15) is 15.9 Å². The van der Waals surface area contributed by atoms with Crippen LogP contribution in [0.4, 0.5) is 13.2 Å². The van der Waals surface area contributed by atoms with E-state index in [-0.39, 0.29) is 0 Å². The number of halogens is 3. The van der Waals surface area contributed by atoms with Gasteiger partial charge >= 0.3 is 12.1 Å². The first-order chi connectivity index (χ1) is 9.43. The maximum atomic E-state index is 12.9. The van der Waals surface area contributed by atoms with E-state index in [4.69, 9.17) is 0 Å². The molecule has 0 amide bonds. The fourth-order valence-electron chi connectivity index (χ4n) is 1.78. The molecule has 0 radical (unpaired) electrons. The van der Waals surface area contributed by atoms with Crippen molar-refractivity contribution in [1.82, 2.24) is 4.98 Å². The SMILES string of the molecule is COC(=O)c1cc(-c2cccnc2)ccc1C(F)(F)F. The Bertz CT molecular complexity index is 624. The van der Waals surface area contributed by atoms with Crippen molar-refractivity contribution < 1.29 is 22.7 Å². The number of hydrogen-bond donors (Lipinski definition) is 0. The fraction of sp³-hybridized carbons (Fsp3) is 0.143. The number of carbonyl (C=O) groups is 1. The second kappa shape index (κ2) is 5.32. The molecule has 0 spiro atoms. The lowest BCUT2D eigenvalue weighted by Gasteiger charge is -2.13. The highest BCUT2D eigenvalue weighted by molar-refractivity contribution is 5.93. The summed E-state index contributed by atoms with van der Waals surface area (Å²) in [6.07, 6.45) is -1.56. The first-order valence-electron chi connectivity index (χ1n) is 5.63. The number of rotatable bonds is 2. The van der Waals surface area contributed by atoms with Gasteiger partial charge in [0.15, 0.2) is 0 Å². The third-order valence-electron chi connectivity index (χ3n) is 2.73. The van der Waals surface area contributed by atoms with Crippen LogP contribution in [0.2, 0.25) is 0 Å². The van der Waals surface area contributed by atoms with E-state index in [1.165, 1.54) is 12.3 Å². The molecule has 20 heavy (non-hydrogen) atoms. The summed E-state index contributed by atoms with van der Waals surface area (Å²) in [7, 11) is 1.04. The normalized spacial score (nSPS) is 11.2. The van der Waals surface area contributed by atoms with Crippen molar-refractivity contribution in [2.24, 2.45) is 0 Å². The van der Waals surface area contributed by atoms with Crippen molar-refractivity contribution in [1.29, 1.82) is 0 Å². The molecule has 0 aliphatic carbocycles. The van der Waals surface area contributed by atoms with E-state index < -0.39 is 23.3 Å². The second-order valence-electron chi connectivity index (χ2n) is 3.99. The highest BCUT2D eigenvalue weighted by atomic mass is 19.4. The molecule has 0 bridgehead atoms. The predicted molar refractivity (Wildman–Crippen MR) is 66.0 cm³/mol. The number of alkyl halides is 3. The number of nitrogens with zero attached hydrogens (tertiary/aromatic N) is 1. The third-order valence-corrected chi connectivity index (χ3v) is 2.73. The van der Waals surface area contributed by atoms with Crippen LogP contribution in [-0.4, -0.2) is 18.1 Å². The summed E-state index contributed by atoms with van der Waals surface area (Å²) in [6, 6.07) is 6.67. The van der Waals surface area contributed by atoms with Gasteiger partial charge in [0, 0.05) is 18.0 Å². The summed E-state index contributed by atoms with van der Waals surface area (Å²) in [5.41, 5.74) is -0.448. The lowest BCUT2D eigenvalue weighted by Crippen LogP contribution is -2.14. The molecule has 6 heteroatoms. The van der Waals surface area contributed by atoms with Crippen LogP contribution in [0.3, 0.4) is 0 Å². The summed E-state index contributed by atoms with van der Waals surface area (Å²) in [4.78, 5) is 15.4. The van der Waals surface area contributed by atoms with Gasteiger partial charge in [-0.1, -0.05) is 12.1 Å². The van der Waals surface area contributed by atoms with Crippen molar-refractivity contribution in [3.63, 3.8) is 0 Å². The van der Waals surface area contributed by atoms with Crippen molar-refractivity contribution in [3.8, 4) is 11.1 Å². The molecule has 0 unspecified atom stereocenters. The lowest BCUT2D eigenvalue weighted by molar-refractivity contribution is -0.138. The summed E-state index contributed by atoms with van der Waals surface area (Å²) in [5.74, 6) is -1.02. The van der Waals surface area contributed by atoms with Crippen LogP contribution in [0.5, 0.6) is 0 Å². The van der Waals surface area contributed by atoms with Crippen LogP contribution in [0, 0.1) is 0 Å². The van der Waals surface area contributed by atoms with Crippen LogP contribution in [-0.2, 0) is 10.9 Å². The number of pyridine rings is 1. The number of carbonyl (C=O) groups excluding carboxylic acids is 1. The molecule has 1 aromatic carbocycles. The molecule has 0 saturated carbocycles. The molecule has 2 rings (SSSR count). The van der Waals surface area contributed by atoms with Gasteiger partial charge < -0.3 is 4.74 Å². The van der Waals surface area contributed by atoms with Gasteiger partial charge in [-0.05, 0) is 23.8 Å². The molecule has 1 aromatic heterocycles. The van der Waals surface area contributed by atoms with Crippen LogP contribution in [0.15, 0.2) is 42.7 Å². The minimum Gasteiger partial charge on any atom is -0.465 e. The molecule has 1 heterocycles. The number of esters is 1. The molecule has 0 saturated heterocycles. The first-order valence-corrected chi connectivity index (χ1v) is 5.63. The molecule has 3 nitrogen and oxygen atoms in total. The average Bonchev–Trinajstić information content (AvgIpc) is 2.45. The Morgan fingerprint density at radius 2 is 1.95 bits per heavy atom. The third kappa shape index (κ3) is 2.79. The molecular formula is C14H10F3NO2. The molecular weight excluding hydrogens is 271 g/mol. The number of ether oxygens (including phenoxy) is 1. The number of hydrogen-bond acceptors (Lipinski definition) is 3. The highest BCUT2D eigenvalue weighted by Gasteiger charge is 2.35. The summed E-state index contributed by atoms with van der Waals surface area (Å²) >= 11 is 0. The van der Waals surface area contributed by atoms with E-state index in [1.807, 2.05) is 0 Å².